The largest absolute Gasteiger partial charge is 0.289 e. The first-order valence-electron chi connectivity index (χ1n) is 6.30. The molecule has 2 nitrogen and oxygen atoms in total. The number of hydrogen-bond donors (Lipinski definition) is 0. The summed E-state index contributed by atoms with van der Waals surface area (Å²) in [6, 6.07) is 13.3. The summed E-state index contributed by atoms with van der Waals surface area (Å²) in [7, 11) is 0. The van der Waals surface area contributed by atoms with Gasteiger partial charge in [-0.15, -0.1) is 0 Å². The third-order valence-corrected chi connectivity index (χ3v) is 4.24. The molecule has 2 aromatic carbocycles. The lowest BCUT2D eigenvalue weighted by atomic mass is 9.97. The number of carbonyl (C=O) groups is 1. The molecule has 0 atom stereocenters. The van der Waals surface area contributed by atoms with Crippen molar-refractivity contribution in [3.8, 4) is 0 Å². The summed E-state index contributed by atoms with van der Waals surface area (Å²) in [5.41, 5.74) is 2.44. The minimum atomic E-state index is 0.0270. The first kappa shape index (κ1) is 13.0. The summed E-state index contributed by atoms with van der Waals surface area (Å²) >= 11 is 3.45. The number of aryl methyl sites for hydroxylation is 1. The van der Waals surface area contributed by atoms with Gasteiger partial charge in [-0.2, -0.15) is 0 Å². The van der Waals surface area contributed by atoms with E-state index in [-0.39, 0.29) is 5.78 Å². The van der Waals surface area contributed by atoms with Crippen LogP contribution in [0, 0.1) is 6.92 Å². The van der Waals surface area contributed by atoms with Crippen molar-refractivity contribution in [3.63, 3.8) is 0 Å². The number of aromatic nitrogens is 1. The van der Waals surface area contributed by atoms with Crippen LogP contribution in [0.2, 0.25) is 0 Å². The molecular formula is C17H12BrNO. The van der Waals surface area contributed by atoms with Crippen molar-refractivity contribution in [2.45, 2.75) is 6.92 Å². The molecule has 0 bridgehead atoms. The Kier molecular flexibility index (Phi) is 3.36. The molecule has 0 radical (unpaired) electrons. The number of carbonyl (C=O) groups excluding carboxylic acids is 1. The molecule has 20 heavy (non-hydrogen) atoms. The van der Waals surface area contributed by atoms with Crippen molar-refractivity contribution >= 4 is 32.5 Å². The quantitative estimate of drug-likeness (QED) is 0.647. The predicted octanol–water partition coefficient (Wildman–Crippen LogP) is 4.54. The normalized spacial score (nSPS) is 10.7. The molecule has 1 aromatic heterocycles. The number of hydrogen-bond acceptors (Lipinski definition) is 2. The van der Waals surface area contributed by atoms with E-state index in [4.69, 9.17) is 0 Å². The fourth-order valence-corrected chi connectivity index (χ4v) is 2.50. The number of nitrogens with zero attached hydrogens (tertiary/aromatic N) is 1. The summed E-state index contributed by atoms with van der Waals surface area (Å²) in [5.74, 6) is 0.0270. The summed E-state index contributed by atoms with van der Waals surface area (Å²) in [6.45, 7) is 1.98. The van der Waals surface area contributed by atoms with Gasteiger partial charge in [-0.3, -0.25) is 9.78 Å². The lowest BCUT2D eigenvalue weighted by Gasteiger charge is -2.07. The van der Waals surface area contributed by atoms with Gasteiger partial charge in [-0.25, -0.2) is 0 Å². The lowest BCUT2D eigenvalue weighted by Crippen LogP contribution is -2.02. The highest BCUT2D eigenvalue weighted by Crippen LogP contribution is 2.23. The Morgan fingerprint density at radius 3 is 2.80 bits per heavy atom. The van der Waals surface area contributed by atoms with Gasteiger partial charge in [0.25, 0.3) is 0 Å². The van der Waals surface area contributed by atoms with Crippen LogP contribution in [0.25, 0.3) is 10.8 Å². The number of rotatable bonds is 2. The second-order valence-electron chi connectivity index (χ2n) is 4.70. The Balaban J connectivity index is 2.15. The molecular weight excluding hydrogens is 314 g/mol. The Morgan fingerprint density at radius 2 is 2.00 bits per heavy atom. The molecule has 0 spiro atoms. The predicted molar refractivity (Wildman–Crippen MR) is 84.1 cm³/mol. The lowest BCUT2D eigenvalue weighted by molar-refractivity contribution is 0.104. The van der Waals surface area contributed by atoms with Gasteiger partial charge in [0.2, 0.25) is 0 Å². The zero-order valence-corrected chi connectivity index (χ0v) is 12.5. The molecule has 0 aliphatic heterocycles. The maximum atomic E-state index is 12.7. The van der Waals surface area contributed by atoms with Crippen LogP contribution in [0.1, 0.15) is 21.5 Å². The highest BCUT2D eigenvalue weighted by Gasteiger charge is 2.13. The van der Waals surface area contributed by atoms with E-state index in [1.54, 1.807) is 12.4 Å². The molecule has 0 amide bonds. The van der Waals surface area contributed by atoms with E-state index in [1.165, 1.54) is 0 Å². The SMILES string of the molecule is Cc1cc(C(=O)c2cccc3ccncc23)ccc1Br. The van der Waals surface area contributed by atoms with Gasteiger partial charge in [0, 0.05) is 33.4 Å². The molecule has 0 fully saturated rings. The van der Waals surface area contributed by atoms with Crippen LogP contribution >= 0.6 is 15.9 Å². The van der Waals surface area contributed by atoms with E-state index in [2.05, 4.69) is 20.9 Å². The standard InChI is InChI=1S/C17H12BrNO/c1-11-9-13(5-6-16(11)18)17(20)14-4-2-3-12-7-8-19-10-15(12)14/h2-10H,1H3. The minimum absolute atomic E-state index is 0.0270. The maximum absolute atomic E-state index is 12.7. The van der Waals surface area contributed by atoms with Crippen LogP contribution in [0.15, 0.2) is 59.3 Å². The molecule has 0 N–H and O–H groups in total. The van der Waals surface area contributed by atoms with E-state index in [9.17, 15) is 4.79 Å². The summed E-state index contributed by atoms with van der Waals surface area (Å²) in [4.78, 5) is 16.8. The summed E-state index contributed by atoms with van der Waals surface area (Å²) in [6.07, 6.45) is 3.48. The molecule has 0 aliphatic carbocycles. The van der Waals surface area contributed by atoms with E-state index < -0.39 is 0 Å². The molecule has 3 aromatic rings. The van der Waals surface area contributed by atoms with Crippen LogP contribution in [-0.2, 0) is 0 Å². The van der Waals surface area contributed by atoms with Crippen molar-refractivity contribution in [1.82, 2.24) is 4.98 Å². The van der Waals surface area contributed by atoms with Gasteiger partial charge in [0.15, 0.2) is 5.78 Å². The molecule has 0 saturated carbocycles. The van der Waals surface area contributed by atoms with Crippen molar-refractivity contribution in [1.29, 1.82) is 0 Å². The fraction of sp³-hybridized carbons (Fsp3) is 0.0588. The van der Waals surface area contributed by atoms with Crippen LogP contribution in [0.4, 0.5) is 0 Å². The highest BCUT2D eigenvalue weighted by molar-refractivity contribution is 9.10. The molecule has 0 unspecified atom stereocenters. The zero-order chi connectivity index (χ0) is 14.1. The number of fused-ring (bicyclic) bond motifs is 1. The third kappa shape index (κ3) is 2.25. The van der Waals surface area contributed by atoms with E-state index >= 15 is 0 Å². The number of pyridine rings is 1. The first-order chi connectivity index (χ1) is 9.66. The second-order valence-corrected chi connectivity index (χ2v) is 5.55. The fourth-order valence-electron chi connectivity index (χ4n) is 2.25. The van der Waals surface area contributed by atoms with Crippen LogP contribution in [0.3, 0.4) is 0 Å². The highest BCUT2D eigenvalue weighted by atomic mass is 79.9. The van der Waals surface area contributed by atoms with E-state index in [0.29, 0.717) is 11.1 Å². The van der Waals surface area contributed by atoms with Gasteiger partial charge >= 0.3 is 0 Å². The average Bonchev–Trinajstić information content (AvgIpc) is 2.49. The molecule has 3 rings (SSSR count). The Hall–Kier alpha value is -2.00. The van der Waals surface area contributed by atoms with Crippen molar-refractivity contribution < 1.29 is 4.79 Å². The maximum Gasteiger partial charge on any atom is 0.193 e. The van der Waals surface area contributed by atoms with Gasteiger partial charge < -0.3 is 0 Å². The Bertz CT molecular complexity index is 806. The van der Waals surface area contributed by atoms with Crippen molar-refractivity contribution in [2.75, 3.05) is 0 Å². The van der Waals surface area contributed by atoms with Gasteiger partial charge in [0.05, 0.1) is 0 Å². The average molecular weight is 326 g/mol. The summed E-state index contributed by atoms with van der Waals surface area (Å²) in [5, 5.41) is 1.92. The van der Waals surface area contributed by atoms with E-state index in [0.717, 1.165) is 20.8 Å². The van der Waals surface area contributed by atoms with Gasteiger partial charge in [-0.05, 0) is 42.1 Å². The number of ketones is 1. The molecule has 0 aliphatic rings. The summed E-state index contributed by atoms with van der Waals surface area (Å²) < 4.78 is 1.01. The monoisotopic (exact) mass is 325 g/mol. The first-order valence-corrected chi connectivity index (χ1v) is 7.10. The van der Waals surface area contributed by atoms with Crippen LogP contribution in [-0.4, -0.2) is 10.8 Å². The Morgan fingerprint density at radius 1 is 1.15 bits per heavy atom. The molecule has 1 heterocycles. The second kappa shape index (κ2) is 5.17. The minimum Gasteiger partial charge on any atom is -0.289 e. The molecule has 3 heteroatoms. The van der Waals surface area contributed by atoms with Crippen LogP contribution < -0.4 is 0 Å². The smallest absolute Gasteiger partial charge is 0.193 e. The topological polar surface area (TPSA) is 30.0 Å². The molecule has 98 valence electrons. The van der Waals surface area contributed by atoms with Crippen LogP contribution in [0.5, 0.6) is 0 Å². The van der Waals surface area contributed by atoms with Crippen molar-refractivity contribution in [2.24, 2.45) is 0 Å². The number of benzene rings is 2. The zero-order valence-electron chi connectivity index (χ0n) is 10.9. The van der Waals surface area contributed by atoms with Gasteiger partial charge in [0.1, 0.15) is 0 Å². The number of halogens is 1. The van der Waals surface area contributed by atoms with Crippen molar-refractivity contribution in [3.05, 3.63) is 76.0 Å². The Labute approximate surface area is 125 Å². The third-order valence-electron chi connectivity index (χ3n) is 3.35. The molecule has 0 saturated heterocycles. The van der Waals surface area contributed by atoms with Gasteiger partial charge in [-0.1, -0.05) is 34.1 Å². The van der Waals surface area contributed by atoms with E-state index in [1.807, 2.05) is 49.4 Å².